The van der Waals surface area contributed by atoms with Crippen molar-refractivity contribution in [2.75, 3.05) is 0 Å². The lowest BCUT2D eigenvalue weighted by atomic mass is 9.78. The fraction of sp³-hybridized carbons (Fsp3) is 0.290. The van der Waals surface area contributed by atoms with Gasteiger partial charge in [-0.05, 0) is 408 Å². The number of benzene rings is 8. The van der Waals surface area contributed by atoms with Crippen LogP contribution in [0.4, 0.5) is 0 Å². The van der Waals surface area contributed by atoms with Crippen molar-refractivity contribution >= 4 is 88.7 Å². The van der Waals surface area contributed by atoms with E-state index in [0.29, 0.717) is 0 Å². The van der Waals surface area contributed by atoms with Crippen LogP contribution in [0.25, 0.3) is 133 Å². The van der Waals surface area contributed by atoms with Crippen LogP contribution in [0.1, 0.15) is 360 Å². The van der Waals surface area contributed by atoms with E-state index in [1.165, 1.54) is 122 Å². The van der Waals surface area contributed by atoms with Crippen molar-refractivity contribution < 1.29 is 0 Å². The van der Waals surface area contributed by atoms with Crippen molar-refractivity contribution in [3.05, 3.63) is 374 Å². The molecule has 8 aromatic carbocycles. The molecule has 0 aliphatic carbocycles. The summed E-state index contributed by atoms with van der Waals surface area (Å²) in [6, 6.07) is 73.9. The smallest absolute Gasteiger partial charge is 0.0769 e. The van der Waals surface area contributed by atoms with Crippen molar-refractivity contribution in [2.24, 2.45) is 0 Å². The number of aryl methyl sites for hydroxylation is 8. The molecule has 0 saturated carbocycles. The number of aromatic nitrogens is 8. The molecule has 730 valence electrons. The van der Waals surface area contributed by atoms with Crippen LogP contribution < -0.4 is 0 Å². The Morgan fingerprint density at radius 2 is 0.370 bits per heavy atom. The van der Waals surface area contributed by atoms with Crippen molar-refractivity contribution in [1.82, 2.24) is 39.9 Å². The van der Waals surface area contributed by atoms with Crippen LogP contribution in [0, 0.1) is 86.9 Å². The molecule has 0 spiro atoms. The first-order chi connectivity index (χ1) is 69.8. The number of aromatic amines is 4. The van der Waals surface area contributed by atoms with Gasteiger partial charge in [-0.3, -0.25) is 0 Å². The van der Waals surface area contributed by atoms with Gasteiger partial charge < -0.3 is 19.9 Å². The standard InChI is InChI=1S/C138H138N8/c1-29-107-81(9)127-123(128-82(10)108(30-2)116(140-128)78-120-112(34-6)86(14)132(144-120)125(131-85(13)111(33-5)119(143-131)77-115(107)139-127)101-71-103(135(17,18)19)75-104(72-101)136(20,21)22)99-67-63-97(64-68-99)61-59-95-55-51-93(52-56-95)49-47-91-43-39-89(40-44-91)37-38-90-41-45-92(46-42-90)48-50-94-53-57-96(58-54-94)60-62-98-65-69-100(70-66-98)124-129-83(11)109(31-3)117(141-129)79-121-113(35-7)87(15)133(145-121)126(102-73-105(137(23,24)25)76-106(74-102)138(26,27)28)134-88(16)114(36-8)122(146-134)80-118-110(32-4)84(12)130(124)142-118/h39-46,51-58,63-80,139,141,144,146H,29-36H2,1-28H3. The minimum Gasteiger partial charge on any atom is -0.354 e. The highest BCUT2D eigenvalue weighted by atomic mass is 14.8. The Bertz CT molecular complexity index is 7980. The van der Waals surface area contributed by atoms with Gasteiger partial charge in [0.05, 0.1) is 67.6 Å². The summed E-state index contributed by atoms with van der Waals surface area (Å²) in [4.78, 5) is 39.4. The molecule has 146 heavy (non-hydrogen) atoms. The van der Waals surface area contributed by atoms with E-state index < -0.39 is 0 Å². The highest BCUT2D eigenvalue weighted by molar-refractivity contribution is 6.07. The molecule has 8 heteroatoms. The van der Waals surface area contributed by atoms with E-state index in [9.17, 15) is 0 Å². The van der Waals surface area contributed by atoms with Crippen LogP contribution in [0.5, 0.6) is 0 Å². The largest absolute Gasteiger partial charge is 0.354 e. The maximum Gasteiger partial charge on any atom is 0.0769 e. The number of hydrogen-bond donors (Lipinski definition) is 4. The number of allylic oxidation sites excluding steroid dienone is 8. The minimum atomic E-state index is -0.0753. The predicted molar refractivity (Wildman–Crippen MR) is 622 cm³/mol. The lowest BCUT2D eigenvalue weighted by Gasteiger charge is -2.26. The van der Waals surface area contributed by atoms with Crippen molar-refractivity contribution in [2.45, 2.75) is 267 Å². The Kier molecular flexibility index (Phi) is 27.9. The van der Waals surface area contributed by atoms with Crippen LogP contribution in [0.15, 0.2) is 206 Å². The third kappa shape index (κ3) is 19.8. The average Bonchev–Trinajstić information content (AvgIpc) is 1.59. The van der Waals surface area contributed by atoms with Gasteiger partial charge in [-0.2, -0.15) is 0 Å². The predicted octanol–water partition coefficient (Wildman–Crippen LogP) is 34.6. The number of fused-ring (bicyclic) bond motifs is 16. The van der Waals surface area contributed by atoms with E-state index in [2.05, 4.69) is 382 Å². The van der Waals surface area contributed by atoms with E-state index in [1.54, 1.807) is 0 Å². The summed E-state index contributed by atoms with van der Waals surface area (Å²) in [6.45, 7) is 64.3. The second kappa shape index (κ2) is 40.4. The maximum absolute atomic E-state index is 5.79. The van der Waals surface area contributed by atoms with Gasteiger partial charge >= 0.3 is 0 Å². The van der Waals surface area contributed by atoms with Crippen LogP contribution in [-0.4, -0.2) is 39.9 Å². The van der Waals surface area contributed by atoms with Crippen LogP contribution in [0.2, 0.25) is 0 Å². The fourth-order valence-corrected chi connectivity index (χ4v) is 21.7. The van der Waals surface area contributed by atoms with Crippen LogP contribution >= 0.6 is 0 Å². The first-order valence-corrected chi connectivity index (χ1v) is 52.7. The molecule has 4 aliphatic heterocycles. The Balaban J connectivity index is 0.555. The molecule has 18 rings (SSSR count). The monoisotopic (exact) mass is 1910 g/mol. The molecule has 0 unspecified atom stereocenters. The average molecular weight is 1910 g/mol. The molecule has 10 heterocycles. The molecule has 6 aromatic heterocycles. The quantitative estimate of drug-likeness (QED) is 0.0912. The van der Waals surface area contributed by atoms with E-state index in [-0.39, 0.29) is 21.7 Å². The zero-order valence-electron chi connectivity index (χ0n) is 91.1. The molecule has 4 N–H and O–H groups in total. The Hall–Kier alpha value is -15.2. The maximum atomic E-state index is 5.79. The SMILES string of the molecule is CCC1=C(C)c2nc1cc1[nH]c(c(C)c1CC)c(-c1ccc(C#Cc3ccc(C#Cc4ccc(C#Cc5ccc(C#Cc6ccc(C#Cc7ccc(-c8c9nc(cc%10[nH]c(c(C)c%10CC)c(-c%10cc(C(C)(C)C)cc(C(C)(C)C)c%10)c%10nc(cc%11[nH]c8c(C)c%11CC)C(CC)=C%10C)C(CC)=C9C)cc7)cc6)cc5)cc4)cc3)cc1)c1nc(cc3[nH]c(c(C)c3CC)c2-c2cc(C(C)(C)C)cc(C(C)(C)C)c2)C(CC)=C1C. The van der Waals surface area contributed by atoms with Gasteiger partial charge in [0.2, 0.25) is 0 Å². The summed E-state index contributed by atoms with van der Waals surface area (Å²) < 4.78 is 0. The summed E-state index contributed by atoms with van der Waals surface area (Å²) in [5.74, 6) is 34.0. The third-order valence-electron chi connectivity index (χ3n) is 30.5. The highest BCUT2D eigenvalue weighted by Gasteiger charge is 2.33. The van der Waals surface area contributed by atoms with Gasteiger partial charge in [-0.25, -0.2) is 19.9 Å². The van der Waals surface area contributed by atoms with Crippen molar-refractivity contribution in [1.29, 1.82) is 0 Å². The van der Waals surface area contributed by atoms with Gasteiger partial charge in [-0.1, -0.05) is 258 Å². The Labute approximate surface area is 867 Å². The normalized spacial score (nSPS) is 12.8. The molecule has 0 saturated heterocycles. The first-order valence-electron chi connectivity index (χ1n) is 52.7. The van der Waals surface area contributed by atoms with Crippen molar-refractivity contribution in [3.8, 4) is 104 Å². The molecular formula is C138H138N8. The minimum absolute atomic E-state index is 0.0753. The number of nitrogens with zero attached hydrogens (tertiary/aromatic N) is 4. The highest BCUT2D eigenvalue weighted by Crippen LogP contribution is 2.50. The van der Waals surface area contributed by atoms with Gasteiger partial charge in [0.15, 0.2) is 0 Å². The first kappa shape index (κ1) is 101. The van der Waals surface area contributed by atoms with Crippen LogP contribution in [-0.2, 0) is 47.3 Å². The summed E-state index contributed by atoms with van der Waals surface area (Å²) in [7, 11) is 0. The lowest BCUT2D eigenvalue weighted by Crippen LogP contribution is -2.16. The number of nitrogens with one attached hydrogen (secondary N) is 4. The number of hydrogen-bond acceptors (Lipinski definition) is 4. The van der Waals surface area contributed by atoms with E-state index >= 15 is 0 Å². The zero-order valence-corrected chi connectivity index (χ0v) is 91.1. The lowest BCUT2D eigenvalue weighted by molar-refractivity contribution is 0.568. The molecular weight excluding hydrogens is 1770 g/mol. The molecule has 0 fully saturated rings. The molecule has 8 nitrogen and oxygen atoms in total. The molecule has 4 aliphatic rings. The molecule has 0 radical (unpaired) electrons. The number of rotatable bonds is 12. The Morgan fingerprint density at radius 3 is 0.527 bits per heavy atom. The molecule has 0 amide bonds. The van der Waals surface area contributed by atoms with Gasteiger partial charge in [0, 0.05) is 100.0 Å². The van der Waals surface area contributed by atoms with E-state index in [0.717, 1.165) is 230 Å². The third-order valence-corrected chi connectivity index (χ3v) is 30.5. The summed E-state index contributed by atoms with van der Waals surface area (Å²) >= 11 is 0. The number of H-pyrrole nitrogens is 4. The van der Waals surface area contributed by atoms with Crippen molar-refractivity contribution in [3.63, 3.8) is 0 Å². The molecule has 0 atom stereocenters. The topological polar surface area (TPSA) is 115 Å². The zero-order chi connectivity index (χ0) is 104. The Morgan fingerprint density at radius 1 is 0.205 bits per heavy atom. The van der Waals surface area contributed by atoms with E-state index in [1.807, 2.05) is 97.1 Å². The summed E-state index contributed by atoms with van der Waals surface area (Å²) in [6.07, 6.45) is 6.77. The molecule has 14 aromatic rings. The summed E-state index contributed by atoms with van der Waals surface area (Å²) in [5.41, 5.74) is 59.6. The molecule has 16 bridgehead atoms. The van der Waals surface area contributed by atoms with Crippen LogP contribution in [0.3, 0.4) is 0 Å². The van der Waals surface area contributed by atoms with Gasteiger partial charge in [0.25, 0.3) is 0 Å². The second-order valence-corrected chi connectivity index (χ2v) is 44.1. The van der Waals surface area contributed by atoms with Gasteiger partial charge in [-0.15, -0.1) is 0 Å². The van der Waals surface area contributed by atoms with E-state index in [4.69, 9.17) is 19.9 Å². The fourth-order valence-electron chi connectivity index (χ4n) is 21.7. The summed E-state index contributed by atoms with van der Waals surface area (Å²) in [5, 5.41) is 0. The second-order valence-electron chi connectivity index (χ2n) is 44.1. The van der Waals surface area contributed by atoms with Gasteiger partial charge in [0.1, 0.15) is 0 Å².